The highest BCUT2D eigenvalue weighted by molar-refractivity contribution is 7.99. The maximum atomic E-state index is 6.51. The average molecular weight is 543 g/mol. The lowest BCUT2D eigenvalue weighted by Crippen LogP contribution is -2.57. The van der Waals surface area contributed by atoms with E-state index in [2.05, 4.69) is 126 Å². The quantitative estimate of drug-likeness (QED) is 0.206. The van der Waals surface area contributed by atoms with E-state index < -0.39 is 0 Å². The van der Waals surface area contributed by atoms with Crippen LogP contribution in [-0.2, 0) is 0 Å². The number of anilines is 3. The lowest BCUT2D eigenvalue weighted by atomic mass is 9.35. The van der Waals surface area contributed by atoms with Crippen LogP contribution in [0.15, 0.2) is 143 Å². The van der Waals surface area contributed by atoms with Crippen molar-refractivity contribution in [1.82, 2.24) is 0 Å². The minimum Gasteiger partial charge on any atom is -0.458 e. The second-order valence-electron chi connectivity index (χ2n) is 10.5. The molecule has 3 aliphatic heterocycles. The minimum absolute atomic E-state index is 0.0865. The van der Waals surface area contributed by atoms with Crippen molar-refractivity contribution in [3.63, 3.8) is 0 Å². The van der Waals surface area contributed by atoms with Crippen LogP contribution in [0.2, 0.25) is 0 Å². The number of benzene rings is 6. The van der Waals surface area contributed by atoms with Crippen LogP contribution in [0.5, 0.6) is 23.0 Å². The highest BCUT2D eigenvalue weighted by Gasteiger charge is 2.40. The van der Waals surface area contributed by atoms with Crippen LogP contribution in [0.4, 0.5) is 17.1 Å². The Hall–Kier alpha value is -4.87. The van der Waals surface area contributed by atoms with Gasteiger partial charge in [-0.05, 0) is 82.7 Å². The zero-order valence-corrected chi connectivity index (χ0v) is 22.8. The van der Waals surface area contributed by atoms with Crippen LogP contribution in [0.25, 0.3) is 11.1 Å². The molecule has 0 bridgehead atoms. The fraction of sp³-hybridized carbons (Fsp3) is 0. The summed E-state index contributed by atoms with van der Waals surface area (Å²) in [6.07, 6.45) is 0. The van der Waals surface area contributed by atoms with Crippen LogP contribution in [0, 0.1) is 0 Å². The summed E-state index contributed by atoms with van der Waals surface area (Å²) in [7, 11) is 0. The first kappa shape index (κ1) is 22.9. The first-order valence-electron chi connectivity index (χ1n) is 13.8. The number of hydrogen-bond donors (Lipinski definition) is 0. The van der Waals surface area contributed by atoms with Crippen molar-refractivity contribution in [2.75, 3.05) is 4.90 Å². The lowest BCUT2D eigenvalue weighted by molar-refractivity contribution is 0.465. The highest BCUT2D eigenvalue weighted by atomic mass is 32.2. The molecule has 0 amide bonds. The summed E-state index contributed by atoms with van der Waals surface area (Å²) in [5.41, 5.74) is 9.16. The smallest absolute Gasteiger partial charge is 0.260 e. The van der Waals surface area contributed by atoms with Gasteiger partial charge in [-0.2, -0.15) is 0 Å². The zero-order valence-electron chi connectivity index (χ0n) is 22.0. The van der Waals surface area contributed by atoms with Gasteiger partial charge in [0.2, 0.25) is 0 Å². The molecule has 3 nitrogen and oxygen atoms in total. The fourth-order valence-corrected chi connectivity index (χ4v) is 7.40. The van der Waals surface area contributed by atoms with Crippen molar-refractivity contribution in [1.29, 1.82) is 0 Å². The summed E-state index contributed by atoms with van der Waals surface area (Å²) in [5, 5.41) is 0. The Morgan fingerprint density at radius 3 is 1.59 bits per heavy atom. The summed E-state index contributed by atoms with van der Waals surface area (Å²) >= 11 is 1.82. The molecule has 0 N–H and O–H groups in total. The molecule has 0 unspecified atom stereocenters. The van der Waals surface area contributed by atoms with Crippen molar-refractivity contribution in [3.8, 4) is 34.1 Å². The Morgan fingerprint density at radius 2 is 1.00 bits per heavy atom. The molecule has 192 valence electrons. The van der Waals surface area contributed by atoms with Gasteiger partial charge in [-0.15, -0.1) is 0 Å². The fourth-order valence-electron chi connectivity index (χ4n) is 6.35. The lowest BCUT2D eigenvalue weighted by Gasteiger charge is -2.33. The van der Waals surface area contributed by atoms with Gasteiger partial charge in [0.05, 0.1) is 11.4 Å². The van der Waals surface area contributed by atoms with E-state index in [1.807, 2.05) is 23.9 Å². The predicted molar refractivity (Wildman–Crippen MR) is 168 cm³/mol. The third kappa shape index (κ3) is 3.49. The maximum absolute atomic E-state index is 6.51. The summed E-state index contributed by atoms with van der Waals surface area (Å²) in [6.45, 7) is 0.0865. The van der Waals surface area contributed by atoms with Gasteiger partial charge >= 0.3 is 0 Å². The number of rotatable bonds is 2. The van der Waals surface area contributed by atoms with E-state index in [9.17, 15) is 0 Å². The van der Waals surface area contributed by atoms with Gasteiger partial charge in [0, 0.05) is 20.9 Å². The van der Waals surface area contributed by atoms with Gasteiger partial charge in [-0.3, -0.25) is 0 Å². The molecule has 0 aromatic heterocycles. The van der Waals surface area contributed by atoms with Gasteiger partial charge < -0.3 is 14.4 Å². The highest BCUT2D eigenvalue weighted by Crippen LogP contribution is 2.51. The second-order valence-corrected chi connectivity index (χ2v) is 11.6. The molecule has 0 atom stereocenters. The molecule has 0 aliphatic carbocycles. The SMILES string of the molecule is c1ccc2c(c1)Oc1cc(-c3ccc(N4c5ccccc5Sc5ccccc54)cc3)cc3c1B2c1ccccc1O3. The van der Waals surface area contributed by atoms with E-state index in [0.29, 0.717) is 0 Å². The van der Waals surface area contributed by atoms with Crippen LogP contribution < -0.4 is 30.8 Å². The Kier molecular flexibility index (Phi) is 4.93. The van der Waals surface area contributed by atoms with Crippen LogP contribution >= 0.6 is 11.8 Å². The zero-order chi connectivity index (χ0) is 26.9. The molecule has 0 fully saturated rings. The van der Waals surface area contributed by atoms with E-state index in [1.54, 1.807) is 0 Å². The van der Waals surface area contributed by atoms with E-state index in [-0.39, 0.29) is 6.71 Å². The number of para-hydroxylation sites is 4. The minimum atomic E-state index is 0.0865. The molecule has 41 heavy (non-hydrogen) atoms. The molecule has 9 rings (SSSR count). The Balaban J connectivity index is 1.15. The molecule has 0 spiro atoms. The van der Waals surface area contributed by atoms with Gasteiger partial charge in [-0.25, -0.2) is 0 Å². The number of nitrogens with zero attached hydrogens (tertiary/aromatic N) is 1. The van der Waals surface area contributed by atoms with Crippen LogP contribution in [-0.4, -0.2) is 6.71 Å². The number of hydrogen-bond acceptors (Lipinski definition) is 4. The molecule has 6 aromatic rings. The first-order chi connectivity index (χ1) is 20.3. The van der Waals surface area contributed by atoms with E-state index in [4.69, 9.17) is 9.47 Å². The Bertz CT molecular complexity index is 1890. The van der Waals surface area contributed by atoms with Crippen LogP contribution in [0.1, 0.15) is 0 Å². The first-order valence-corrected chi connectivity index (χ1v) is 14.6. The normalized spacial score (nSPS) is 13.6. The molecule has 3 heterocycles. The molecule has 5 heteroatoms. The molecular weight excluding hydrogens is 521 g/mol. The molecule has 0 saturated carbocycles. The molecule has 6 aromatic carbocycles. The summed E-state index contributed by atoms with van der Waals surface area (Å²) in [5.74, 6) is 3.52. The van der Waals surface area contributed by atoms with Gasteiger partial charge in [-0.1, -0.05) is 84.6 Å². The Labute approximate surface area is 243 Å². The van der Waals surface area contributed by atoms with Gasteiger partial charge in [0.15, 0.2) is 0 Å². The average Bonchev–Trinajstić information content (AvgIpc) is 3.03. The number of fused-ring (bicyclic) bond motifs is 6. The Morgan fingerprint density at radius 1 is 0.488 bits per heavy atom. The van der Waals surface area contributed by atoms with Crippen molar-refractivity contribution >= 4 is 51.9 Å². The molecule has 3 aliphatic rings. The standard InChI is InChI=1S/C36H22BNO2S/c1-5-13-30-26(9-1)37-27-10-2-6-14-31(27)40-33-22-24(21-32(39-30)36(33)37)23-17-19-25(20-18-23)38-28-11-3-7-15-34(28)41-35-16-8-4-12-29(35)38/h1-22H. The molecule has 0 radical (unpaired) electrons. The largest absolute Gasteiger partial charge is 0.458 e. The summed E-state index contributed by atoms with van der Waals surface area (Å²) < 4.78 is 13.0. The van der Waals surface area contributed by atoms with E-state index >= 15 is 0 Å². The van der Waals surface area contributed by atoms with Gasteiger partial charge in [0.1, 0.15) is 23.0 Å². The van der Waals surface area contributed by atoms with Crippen LogP contribution in [0.3, 0.4) is 0 Å². The van der Waals surface area contributed by atoms with Crippen molar-refractivity contribution < 1.29 is 9.47 Å². The second kappa shape index (κ2) is 8.82. The summed E-state index contributed by atoms with van der Waals surface area (Å²) in [4.78, 5) is 4.87. The third-order valence-corrected chi connectivity index (χ3v) is 9.31. The molecular formula is C36H22BNO2S. The van der Waals surface area contributed by atoms with Crippen molar-refractivity contribution in [2.24, 2.45) is 0 Å². The molecule has 0 saturated heterocycles. The monoisotopic (exact) mass is 543 g/mol. The van der Waals surface area contributed by atoms with E-state index in [0.717, 1.165) is 45.3 Å². The van der Waals surface area contributed by atoms with E-state index in [1.165, 1.54) is 32.1 Å². The summed E-state index contributed by atoms with van der Waals surface area (Å²) in [6, 6.07) is 47.0. The predicted octanol–water partition coefficient (Wildman–Crippen LogP) is 8.02. The van der Waals surface area contributed by atoms with Gasteiger partial charge in [0.25, 0.3) is 6.71 Å². The van der Waals surface area contributed by atoms with Crippen molar-refractivity contribution in [3.05, 3.63) is 133 Å². The number of ether oxygens (including phenoxy) is 2. The maximum Gasteiger partial charge on any atom is 0.260 e. The third-order valence-electron chi connectivity index (χ3n) is 8.18. The van der Waals surface area contributed by atoms with Crippen molar-refractivity contribution in [2.45, 2.75) is 9.79 Å². The topological polar surface area (TPSA) is 21.7 Å².